The van der Waals surface area contributed by atoms with Gasteiger partial charge in [-0.2, -0.15) is 0 Å². The van der Waals surface area contributed by atoms with Gasteiger partial charge in [0, 0.05) is 37.7 Å². The second-order valence-corrected chi connectivity index (χ2v) is 10.4. The molecule has 4 rings (SSSR count). The number of methoxy groups -OCH3 is 2. The summed E-state index contributed by atoms with van der Waals surface area (Å²) in [7, 11) is 4.80. The van der Waals surface area contributed by atoms with E-state index in [1.165, 1.54) is 7.11 Å². The molecule has 218 valence electrons. The minimum Gasteiger partial charge on any atom is -0.497 e. The lowest BCUT2D eigenvalue weighted by Gasteiger charge is -2.35. The van der Waals surface area contributed by atoms with E-state index in [4.69, 9.17) is 14.2 Å². The van der Waals surface area contributed by atoms with Crippen LogP contribution in [0, 0.1) is 5.92 Å². The smallest absolute Gasteiger partial charge is 0.321 e. The lowest BCUT2D eigenvalue weighted by Crippen LogP contribution is -2.48. The Kier molecular flexibility index (Phi) is 9.86. The maximum absolute atomic E-state index is 13.9. The third kappa shape index (κ3) is 6.81. The number of urea groups is 1. The molecule has 0 saturated carbocycles. The molecule has 0 spiro atoms. The summed E-state index contributed by atoms with van der Waals surface area (Å²) < 4.78 is 17.2. The van der Waals surface area contributed by atoms with Crippen molar-refractivity contribution in [2.75, 3.05) is 46.3 Å². The van der Waals surface area contributed by atoms with E-state index < -0.39 is 12.1 Å². The van der Waals surface area contributed by atoms with Crippen molar-refractivity contribution in [2.45, 2.75) is 32.6 Å². The molecular weight excluding hydrogens is 522 g/mol. The number of amides is 3. The minimum atomic E-state index is -0.404. The average molecular weight is 562 g/mol. The molecule has 0 radical (unpaired) electrons. The van der Waals surface area contributed by atoms with Crippen LogP contribution in [0.1, 0.15) is 29.8 Å². The third-order valence-corrected chi connectivity index (χ3v) is 7.55. The van der Waals surface area contributed by atoms with Crippen LogP contribution in [0.25, 0.3) is 11.1 Å². The maximum atomic E-state index is 13.9. The normalized spacial score (nSPS) is 17.9. The summed E-state index contributed by atoms with van der Waals surface area (Å²) in [6.45, 7) is 4.59. The van der Waals surface area contributed by atoms with Crippen molar-refractivity contribution in [3.05, 3.63) is 77.9 Å². The Bertz CT molecular complexity index is 1360. The van der Waals surface area contributed by atoms with E-state index in [0.29, 0.717) is 35.9 Å². The second kappa shape index (κ2) is 13.5. The van der Waals surface area contributed by atoms with Gasteiger partial charge < -0.3 is 34.4 Å². The molecule has 3 aromatic carbocycles. The maximum Gasteiger partial charge on any atom is 0.321 e. The van der Waals surface area contributed by atoms with Gasteiger partial charge in [-0.25, -0.2) is 4.79 Å². The second-order valence-electron chi connectivity index (χ2n) is 10.4. The predicted molar refractivity (Wildman–Crippen MR) is 158 cm³/mol. The summed E-state index contributed by atoms with van der Waals surface area (Å²) in [4.78, 5) is 30.5. The molecule has 0 aliphatic carbocycles. The Hall–Kier alpha value is -4.08. The monoisotopic (exact) mass is 561 g/mol. The van der Waals surface area contributed by atoms with Gasteiger partial charge in [-0.1, -0.05) is 49.4 Å². The van der Waals surface area contributed by atoms with E-state index in [9.17, 15) is 14.7 Å². The predicted octanol–water partition coefficient (Wildman–Crippen LogP) is 4.89. The van der Waals surface area contributed by atoms with Gasteiger partial charge in [0.1, 0.15) is 11.5 Å². The van der Waals surface area contributed by atoms with Gasteiger partial charge in [-0.15, -0.1) is 0 Å². The number of hydrogen-bond acceptors (Lipinski definition) is 6. The van der Waals surface area contributed by atoms with Crippen LogP contribution in [0.4, 0.5) is 10.5 Å². The number of anilines is 1. The number of carbonyl (C=O) groups excluding carboxylic acids is 2. The number of nitrogens with zero attached hydrogens (tertiary/aromatic N) is 2. The highest BCUT2D eigenvalue weighted by Gasteiger charge is 2.31. The van der Waals surface area contributed by atoms with Crippen LogP contribution < -0.4 is 14.8 Å². The minimum absolute atomic E-state index is 0.151. The fourth-order valence-electron chi connectivity index (χ4n) is 5.02. The van der Waals surface area contributed by atoms with E-state index in [1.807, 2.05) is 62.4 Å². The first-order valence-electron chi connectivity index (χ1n) is 13.7. The summed E-state index contributed by atoms with van der Waals surface area (Å²) in [6.07, 6.45) is -0.404. The van der Waals surface area contributed by atoms with Gasteiger partial charge in [-0.05, 0) is 41.8 Å². The molecule has 1 aliphatic heterocycles. The summed E-state index contributed by atoms with van der Waals surface area (Å²) in [6, 6.07) is 19.9. The summed E-state index contributed by atoms with van der Waals surface area (Å²) in [5.74, 6) is 0.791. The van der Waals surface area contributed by atoms with E-state index in [-0.39, 0.29) is 31.0 Å². The quantitative estimate of drug-likeness (QED) is 0.426. The molecule has 0 aromatic heterocycles. The molecule has 9 heteroatoms. The number of carbonyl (C=O) groups is 2. The molecule has 0 bridgehead atoms. The molecule has 3 aromatic rings. The number of likely N-dealkylation sites (N-methyl/N-ethyl adjacent to an activating group) is 1. The Morgan fingerprint density at radius 3 is 2.44 bits per heavy atom. The Morgan fingerprint density at radius 2 is 1.76 bits per heavy atom. The van der Waals surface area contributed by atoms with E-state index >= 15 is 0 Å². The van der Waals surface area contributed by atoms with Crippen LogP contribution >= 0.6 is 0 Å². The van der Waals surface area contributed by atoms with Crippen LogP contribution in [-0.4, -0.2) is 80.0 Å². The standard InChI is InChI=1S/C32H39N3O6/c1-21-17-35(22(2)19-36)31(37)27-13-9-8-12-26(27)25-11-7-6-10-23(25)20-41-30(21)18-34(3)32(38)33-28-15-14-24(39-4)16-29(28)40-5/h6-16,21-22,30,36H,17-20H2,1-5H3,(H,33,38)/t21-,22-,30+/m0/s1. The topological polar surface area (TPSA) is 101 Å². The van der Waals surface area contributed by atoms with Gasteiger partial charge in [-0.3, -0.25) is 4.79 Å². The highest BCUT2D eigenvalue weighted by Crippen LogP contribution is 2.32. The largest absolute Gasteiger partial charge is 0.497 e. The number of aliphatic hydroxyl groups excluding tert-OH is 1. The van der Waals surface area contributed by atoms with Gasteiger partial charge in [0.25, 0.3) is 5.91 Å². The molecule has 2 N–H and O–H groups in total. The zero-order valence-electron chi connectivity index (χ0n) is 24.3. The van der Waals surface area contributed by atoms with Gasteiger partial charge in [0.2, 0.25) is 0 Å². The van der Waals surface area contributed by atoms with Crippen molar-refractivity contribution in [2.24, 2.45) is 5.92 Å². The van der Waals surface area contributed by atoms with Crippen molar-refractivity contribution in [3.63, 3.8) is 0 Å². The summed E-state index contributed by atoms with van der Waals surface area (Å²) in [5.41, 5.74) is 3.78. The fraction of sp³-hybridized carbons (Fsp3) is 0.375. The number of fused-ring (bicyclic) bond motifs is 3. The SMILES string of the molecule is COc1ccc(NC(=O)N(C)C[C@H]2OCc3ccccc3-c3ccccc3C(=O)N([C@@H](C)CO)C[C@@H]2C)c(OC)c1. The molecule has 3 amide bonds. The third-order valence-electron chi connectivity index (χ3n) is 7.55. The highest BCUT2D eigenvalue weighted by molar-refractivity contribution is 6.01. The Balaban J connectivity index is 1.62. The number of nitrogens with one attached hydrogen (secondary N) is 1. The number of ether oxygens (including phenoxy) is 3. The molecular formula is C32H39N3O6. The first-order chi connectivity index (χ1) is 19.8. The van der Waals surface area contributed by atoms with Crippen molar-refractivity contribution in [1.29, 1.82) is 0 Å². The Labute approximate surface area is 241 Å². The zero-order valence-corrected chi connectivity index (χ0v) is 24.3. The number of aliphatic hydroxyl groups is 1. The van der Waals surface area contributed by atoms with E-state index in [1.54, 1.807) is 42.2 Å². The van der Waals surface area contributed by atoms with Crippen LogP contribution in [0.2, 0.25) is 0 Å². The van der Waals surface area contributed by atoms with E-state index in [0.717, 1.165) is 16.7 Å². The van der Waals surface area contributed by atoms with Gasteiger partial charge >= 0.3 is 6.03 Å². The molecule has 3 atom stereocenters. The first kappa shape index (κ1) is 29.9. The zero-order chi connectivity index (χ0) is 29.5. The molecule has 41 heavy (non-hydrogen) atoms. The number of rotatable bonds is 7. The van der Waals surface area contributed by atoms with Crippen LogP contribution in [0.15, 0.2) is 66.7 Å². The highest BCUT2D eigenvalue weighted by atomic mass is 16.5. The fourth-order valence-corrected chi connectivity index (χ4v) is 5.02. The van der Waals surface area contributed by atoms with Crippen LogP contribution in [0.5, 0.6) is 11.5 Å². The molecule has 1 heterocycles. The Morgan fingerprint density at radius 1 is 1.07 bits per heavy atom. The van der Waals surface area contributed by atoms with Crippen molar-refractivity contribution < 1.29 is 28.9 Å². The van der Waals surface area contributed by atoms with Crippen molar-refractivity contribution >= 4 is 17.6 Å². The molecule has 0 unspecified atom stereocenters. The molecule has 9 nitrogen and oxygen atoms in total. The lowest BCUT2D eigenvalue weighted by molar-refractivity contribution is -0.0178. The van der Waals surface area contributed by atoms with Crippen molar-refractivity contribution in [3.8, 4) is 22.6 Å². The van der Waals surface area contributed by atoms with Crippen molar-refractivity contribution in [1.82, 2.24) is 9.80 Å². The molecule has 0 saturated heterocycles. The van der Waals surface area contributed by atoms with Crippen LogP contribution in [0.3, 0.4) is 0 Å². The van der Waals surface area contributed by atoms with Gasteiger partial charge in [0.05, 0.1) is 45.3 Å². The average Bonchev–Trinajstić information content (AvgIpc) is 3.02. The van der Waals surface area contributed by atoms with Crippen LogP contribution in [-0.2, 0) is 11.3 Å². The summed E-state index contributed by atoms with van der Waals surface area (Å²) >= 11 is 0. The molecule has 1 aliphatic rings. The summed E-state index contributed by atoms with van der Waals surface area (Å²) in [5, 5.41) is 12.9. The molecule has 0 fully saturated rings. The number of hydrogen-bond donors (Lipinski definition) is 2. The number of benzene rings is 3. The first-order valence-corrected chi connectivity index (χ1v) is 13.7. The van der Waals surface area contributed by atoms with Gasteiger partial charge in [0.15, 0.2) is 0 Å². The van der Waals surface area contributed by atoms with E-state index in [2.05, 4.69) is 5.32 Å². The lowest BCUT2D eigenvalue weighted by atomic mass is 9.94.